The van der Waals surface area contributed by atoms with E-state index in [1.165, 1.54) is 6.07 Å². The van der Waals surface area contributed by atoms with Crippen LogP contribution in [0.15, 0.2) is 42.5 Å². The molecule has 1 aliphatic heterocycles. The summed E-state index contributed by atoms with van der Waals surface area (Å²) < 4.78 is 11.6. The number of esters is 1. The van der Waals surface area contributed by atoms with Gasteiger partial charge in [-0.15, -0.1) is 0 Å². The van der Waals surface area contributed by atoms with Gasteiger partial charge in [-0.2, -0.15) is 0 Å². The largest absolute Gasteiger partial charge is 0.504 e. The molecule has 0 bridgehead atoms. The van der Waals surface area contributed by atoms with Crippen LogP contribution in [0.3, 0.4) is 0 Å². The van der Waals surface area contributed by atoms with Gasteiger partial charge in [0, 0.05) is 5.56 Å². The Hall–Kier alpha value is -2.79. The number of phenolic OH excluding ortho intramolecular Hbond substituents is 1. The van der Waals surface area contributed by atoms with E-state index in [1.54, 1.807) is 49.4 Å². The lowest BCUT2D eigenvalue weighted by atomic mass is 10.0. The van der Waals surface area contributed by atoms with Gasteiger partial charge in [0.05, 0.1) is 0 Å². The third-order valence-corrected chi connectivity index (χ3v) is 4.88. The molecule has 0 aliphatic carbocycles. The number of fused-ring (bicyclic) bond motifs is 2. The van der Waals surface area contributed by atoms with Gasteiger partial charge in [-0.05, 0) is 37.5 Å². The number of aryl methyl sites for hydroxylation is 1. The monoisotopic (exact) mass is 382 g/mol. The number of aromatic hydroxyl groups is 1. The van der Waals surface area contributed by atoms with Crippen molar-refractivity contribution >= 4 is 12.0 Å². The summed E-state index contributed by atoms with van der Waals surface area (Å²) in [5.41, 5.74) is 1.60. The average Bonchev–Trinajstić information content (AvgIpc) is 2.68. The highest BCUT2D eigenvalue weighted by Gasteiger charge is 2.27. The number of carbonyl (C=O) groups is 1. The molecule has 2 N–H and O–H groups in total. The Morgan fingerprint density at radius 3 is 2.68 bits per heavy atom. The number of rotatable bonds is 4. The molecule has 0 amide bonds. The number of hydrogen-bond donors (Lipinski definition) is 2. The molecule has 1 heterocycles. The van der Waals surface area contributed by atoms with Crippen molar-refractivity contribution < 1.29 is 24.5 Å². The molecule has 1 aliphatic rings. The van der Waals surface area contributed by atoms with Gasteiger partial charge in [-0.3, -0.25) is 0 Å². The van der Waals surface area contributed by atoms with Gasteiger partial charge in [0.15, 0.2) is 11.5 Å². The first-order valence-corrected chi connectivity index (χ1v) is 9.68. The highest BCUT2D eigenvalue weighted by Crippen LogP contribution is 2.38. The minimum atomic E-state index is -0.957. The first kappa shape index (κ1) is 20.0. The van der Waals surface area contributed by atoms with Crippen molar-refractivity contribution in [2.24, 2.45) is 0 Å². The van der Waals surface area contributed by atoms with Crippen LogP contribution in [0, 0.1) is 6.92 Å². The van der Waals surface area contributed by atoms with E-state index < -0.39 is 18.2 Å². The molecule has 2 atom stereocenters. The molecular weight excluding hydrogens is 356 g/mol. The summed E-state index contributed by atoms with van der Waals surface area (Å²) in [4.78, 5) is 12.9. The molecule has 0 unspecified atom stereocenters. The summed E-state index contributed by atoms with van der Waals surface area (Å²) in [6.45, 7) is 3.90. The van der Waals surface area contributed by atoms with Crippen molar-refractivity contribution in [3.63, 3.8) is 0 Å². The predicted octanol–water partition coefficient (Wildman–Crippen LogP) is 4.99. The number of aliphatic hydroxyl groups excluding tert-OH is 1. The summed E-state index contributed by atoms with van der Waals surface area (Å²) in [5.74, 6) is -0.0444. The van der Waals surface area contributed by atoms with E-state index in [0.29, 0.717) is 28.9 Å². The first-order chi connectivity index (χ1) is 13.5. The molecule has 0 saturated carbocycles. The molecule has 0 saturated heterocycles. The van der Waals surface area contributed by atoms with Crippen LogP contribution in [0.4, 0.5) is 0 Å². The second-order valence-corrected chi connectivity index (χ2v) is 7.03. The summed E-state index contributed by atoms with van der Waals surface area (Å²) >= 11 is 0. The second-order valence-electron chi connectivity index (χ2n) is 7.03. The van der Waals surface area contributed by atoms with Crippen molar-refractivity contribution in [3.8, 4) is 17.2 Å². The molecule has 0 fully saturated rings. The standard InChI is InChI=1S/C23H26O5/c1-3-4-5-11-19-17(24)14-13-16-9-7-10-18(25)22(16)27-20-12-6-8-15(2)21(20)23(26)28-19/h6-10,12-14,17,19,24-25H,3-5,11H2,1-2H3/b14-13-/t17-,19+/m1/s1. The van der Waals surface area contributed by atoms with Crippen LogP contribution < -0.4 is 4.74 Å². The lowest BCUT2D eigenvalue weighted by Crippen LogP contribution is -2.30. The maximum absolute atomic E-state index is 12.9. The van der Waals surface area contributed by atoms with E-state index in [4.69, 9.17) is 9.47 Å². The third kappa shape index (κ3) is 4.37. The Balaban J connectivity index is 2.08. The molecule has 0 spiro atoms. The Morgan fingerprint density at radius 1 is 1.11 bits per heavy atom. The van der Waals surface area contributed by atoms with E-state index in [1.807, 2.05) is 0 Å². The van der Waals surface area contributed by atoms with Gasteiger partial charge >= 0.3 is 5.97 Å². The molecule has 2 aromatic rings. The summed E-state index contributed by atoms with van der Waals surface area (Å²) in [6, 6.07) is 10.2. The van der Waals surface area contributed by atoms with E-state index >= 15 is 0 Å². The fourth-order valence-electron chi connectivity index (χ4n) is 3.30. The van der Waals surface area contributed by atoms with Crippen LogP contribution in [0.1, 0.15) is 54.1 Å². The number of ether oxygens (including phenoxy) is 2. The van der Waals surface area contributed by atoms with Crippen LogP contribution in [-0.4, -0.2) is 28.4 Å². The van der Waals surface area contributed by atoms with Crippen molar-refractivity contribution in [3.05, 3.63) is 59.2 Å². The Kier molecular flexibility index (Phi) is 6.37. The minimum absolute atomic E-state index is 0.0452. The quantitative estimate of drug-likeness (QED) is 0.576. The maximum atomic E-state index is 12.9. The number of hydrogen-bond acceptors (Lipinski definition) is 5. The zero-order valence-electron chi connectivity index (χ0n) is 16.2. The molecule has 2 aromatic carbocycles. The van der Waals surface area contributed by atoms with E-state index in [9.17, 15) is 15.0 Å². The number of unbranched alkanes of at least 4 members (excludes halogenated alkanes) is 2. The van der Waals surface area contributed by atoms with Crippen molar-refractivity contribution in [1.82, 2.24) is 0 Å². The fraction of sp³-hybridized carbons (Fsp3) is 0.348. The van der Waals surface area contributed by atoms with Crippen LogP contribution in [-0.2, 0) is 4.74 Å². The number of aliphatic hydroxyl groups is 1. The molecule has 0 radical (unpaired) electrons. The molecule has 148 valence electrons. The van der Waals surface area contributed by atoms with Gasteiger partial charge in [0.1, 0.15) is 23.5 Å². The van der Waals surface area contributed by atoms with Gasteiger partial charge in [0.25, 0.3) is 0 Å². The van der Waals surface area contributed by atoms with E-state index in [-0.39, 0.29) is 11.5 Å². The Bertz CT molecular complexity index is 871. The maximum Gasteiger partial charge on any atom is 0.342 e. The zero-order chi connectivity index (χ0) is 20.1. The number of carbonyl (C=O) groups excluding carboxylic acids is 1. The highest BCUT2D eigenvalue weighted by molar-refractivity contribution is 5.94. The average molecular weight is 382 g/mol. The number of phenols is 1. The topological polar surface area (TPSA) is 76.0 Å². The first-order valence-electron chi connectivity index (χ1n) is 9.68. The SMILES string of the molecule is CCCCC[C@@H]1OC(=O)c2c(C)cccc2Oc2c(O)cccc2/C=C\[C@H]1O. The molecule has 0 aromatic heterocycles. The highest BCUT2D eigenvalue weighted by atomic mass is 16.6. The lowest BCUT2D eigenvalue weighted by molar-refractivity contribution is -0.00759. The Labute approximate surface area is 165 Å². The smallest absolute Gasteiger partial charge is 0.342 e. The van der Waals surface area contributed by atoms with Crippen molar-refractivity contribution in [1.29, 1.82) is 0 Å². The van der Waals surface area contributed by atoms with Gasteiger partial charge in [0.2, 0.25) is 0 Å². The predicted molar refractivity (Wildman–Crippen MR) is 108 cm³/mol. The van der Waals surface area contributed by atoms with Gasteiger partial charge in [-0.1, -0.05) is 56.2 Å². The van der Waals surface area contributed by atoms with Crippen molar-refractivity contribution in [2.45, 2.75) is 51.7 Å². The minimum Gasteiger partial charge on any atom is -0.504 e. The van der Waals surface area contributed by atoms with Crippen LogP contribution in [0.25, 0.3) is 6.08 Å². The van der Waals surface area contributed by atoms with Gasteiger partial charge < -0.3 is 19.7 Å². The van der Waals surface area contributed by atoms with Crippen LogP contribution in [0.5, 0.6) is 17.2 Å². The van der Waals surface area contributed by atoms with E-state index in [2.05, 4.69) is 6.92 Å². The molecule has 5 nitrogen and oxygen atoms in total. The molecular formula is C23H26O5. The van der Waals surface area contributed by atoms with Crippen LogP contribution >= 0.6 is 0 Å². The zero-order valence-corrected chi connectivity index (χ0v) is 16.2. The van der Waals surface area contributed by atoms with E-state index in [0.717, 1.165) is 19.3 Å². The summed E-state index contributed by atoms with van der Waals surface area (Å²) in [6.07, 6.45) is 5.11. The molecule has 28 heavy (non-hydrogen) atoms. The number of para-hydroxylation sites is 1. The molecule has 3 rings (SSSR count). The number of cyclic esters (lactones) is 1. The third-order valence-electron chi connectivity index (χ3n) is 4.88. The fourth-order valence-corrected chi connectivity index (χ4v) is 3.30. The van der Waals surface area contributed by atoms with Crippen LogP contribution in [0.2, 0.25) is 0 Å². The summed E-state index contributed by atoms with van der Waals surface area (Å²) in [5, 5.41) is 20.9. The Morgan fingerprint density at radius 2 is 1.89 bits per heavy atom. The van der Waals surface area contributed by atoms with Crippen molar-refractivity contribution in [2.75, 3.05) is 0 Å². The number of benzene rings is 2. The molecule has 5 heteroatoms. The summed E-state index contributed by atoms with van der Waals surface area (Å²) in [7, 11) is 0. The second kappa shape index (κ2) is 8.93. The normalized spacial score (nSPS) is 20.2. The lowest BCUT2D eigenvalue weighted by Gasteiger charge is -2.22. The van der Waals surface area contributed by atoms with Gasteiger partial charge in [-0.25, -0.2) is 4.79 Å².